The maximum atomic E-state index is 11.3. The Morgan fingerprint density at radius 2 is 2.35 bits per heavy atom. The number of carbonyl (C=O) groups is 1. The number of hydrogen-bond acceptors (Lipinski definition) is 3. The molecule has 92 valence electrons. The van der Waals surface area contributed by atoms with E-state index >= 15 is 0 Å². The van der Waals surface area contributed by atoms with Gasteiger partial charge in [-0.15, -0.1) is 0 Å². The van der Waals surface area contributed by atoms with Crippen molar-refractivity contribution in [1.82, 2.24) is 10.2 Å². The Hall–Kier alpha value is -1.91. The van der Waals surface area contributed by atoms with Gasteiger partial charge in [-0.1, -0.05) is 12.1 Å². The molecule has 1 aromatic rings. The summed E-state index contributed by atoms with van der Waals surface area (Å²) < 4.78 is 5.63. The Morgan fingerprint density at radius 1 is 1.53 bits per heavy atom. The summed E-state index contributed by atoms with van der Waals surface area (Å²) >= 11 is 0. The normalized spacial score (nSPS) is 14.9. The monoisotopic (exact) mass is 235 g/mol. The second-order valence-electron chi connectivity index (χ2n) is 4.06. The third-order valence-corrected chi connectivity index (χ3v) is 2.80. The molecule has 5 heteroatoms. The van der Waals surface area contributed by atoms with Crippen LogP contribution in [-0.4, -0.2) is 37.2 Å². The average Bonchev–Trinajstić information content (AvgIpc) is 2.69. The van der Waals surface area contributed by atoms with Crippen LogP contribution in [0.4, 0.5) is 10.5 Å². The standard InChI is InChI=1S/C12H17N3O2/c1-9-3-2-4-10(13)11(9)17-8-7-15-6-5-14-12(15)16/h2-4H,5-8,13H2,1H3,(H,14,16). The van der Waals surface area contributed by atoms with E-state index in [-0.39, 0.29) is 6.03 Å². The van der Waals surface area contributed by atoms with Gasteiger partial charge >= 0.3 is 6.03 Å². The zero-order valence-corrected chi connectivity index (χ0v) is 9.90. The molecule has 0 aromatic heterocycles. The van der Waals surface area contributed by atoms with E-state index in [9.17, 15) is 4.79 Å². The number of nitrogen functional groups attached to an aromatic ring is 1. The van der Waals surface area contributed by atoms with E-state index in [2.05, 4.69) is 5.32 Å². The smallest absolute Gasteiger partial charge is 0.317 e. The number of anilines is 1. The van der Waals surface area contributed by atoms with Crippen molar-refractivity contribution in [3.8, 4) is 5.75 Å². The largest absolute Gasteiger partial charge is 0.489 e. The molecule has 0 aliphatic carbocycles. The summed E-state index contributed by atoms with van der Waals surface area (Å²) in [7, 11) is 0. The average molecular weight is 235 g/mol. The van der Waals surface area contributed by atoms with E-state index in [1.165, 1.54) is 0 Å². The van der Waals surface area contributed by atoms with Crippen LogP contribution in [0.3, 0.4) is 0 Å². The predicted octanol–water partition coefficient (Wildman–Crippen LogP) is 0.981. The molecule has 0 saturated carbocycles. The van der Waals surface area contributed by atoms with Crippen LogP contribution in [-0.2, 0) is 0 Å². The van der Waals surface area contributed by atoms with Gasteiger partial charge in [0.15, 0.2) is 0 Å². The maximum absolute atomic E-state index is 11.3. The van der Waals surface area contributed by atoms with Crippen LogP contribution in [0.25, 0.3) is 0 Å². The van der Waals surface area contributed by atoms with E-state index in [0.717, 1.165) is 12.1 Å². The first-order valence-corrected chi connectivity index (χ1v) is 5.69. The quantitative estimate of drug-likeness (QED) is 0.764. The zero-order valence-electron chi connectivity index (χ0n) is 9.90. The van der Waals surface area contributed by atoms with E-state index in [0.29, 0.717) is 31.1 Å². The van der Waals surface area contributed by atoms with E-state index < -0.39 is 0 Å². The van der Waals surface area contributed by atoms with Crippen molar-refractivity contribution in [1.29, 1.82) is 0 Å². The van der Waals surface area contributed by atoms with E-state index in [1.807, 2.05) is 25.1 Å². The van der Waals surface area contributed by atoms with Gasteiger partial charge in [0.1, 0.15) is 12.4 Å². The molecule has 0 radical (unpaired) electrons. The lowest BCUT2D eigenvalue weighted by Crippen LogP contribution is -2.31. The molecular weight excluding hydrogens is 218 g/mol. The van der Waals surface area contributed by atoms with Crippen LogP contribution in [0.2, 0.25) is 0 Å². The molecule has 1 aliphatic heterocycles. The van der Waals surface area contributed by atoms with Crippen LogP contribution >= 0.6 is 0 Å². The van der Waals surface area contributed by atoms with Crippen molar-refractivity contribution in [2.24, 2.45) is 0 Å². The van der Waals surface area contributed by atoms with Crippen molar-refractivity contribution in [3.05, 3.63) is 23.8 Å². The third kappa shape index (κ3) is 2.61. The van der Waals surface area contributed by atoms with Gasteiger partial charge in [0.05, 0.1) is 12.2 Å². The number of urea groups is 1. The Balaban J connectivity index is 1.88. The summed E-state index contributed by atoms with van der Waals surface area (Å²) in [5, 5.41) is 2.75. The summed E-state index contributed by atoms with van der Waals surface area (Å²) in [6, 6.07) is 5.64. The Kier molecular flexibility index (Phi) is 3.37. The summed E-state index contributed by atoms with van der Waals surface area (Å²) in [6.07, 6.45) is 0. The molecule has 0 spiro atoms. The van der Waals surface area contributed by atoms with Gasteiger partial charge in [0.25, 0.3) is 0 Å². The van der Waals surface area contributed by atoms with Gasteiger partial charge in [-0.2, -0.15) is 0 Å². The minimum atomic E-state index is -0.0219. The number of benzene rings is 1. The fraction of sp³-hybridized carbons (Fsp3) is 0.417. The SMILES string of the molecule is Cc1cccc(N)c1OCCN1CCNC1=O. The molecular formula is C12H17N3O2. The number of para-hydroxylation sites is 1. The second kappa shape index (κ2) is 4.95. The highest BCUT2D eigenvalue weighted by Gasteiger charge is 2.18. The van der Waals surface area contributed by atoms with E-state index in [4.69, 9.17) is 10.5 Å². The number of amides is 2. The molecule has 3 N–H and O–H groups in total. The minimum absolute atomic E-state index is 0.0219. The third-order valence-electron chi connectivity index (χ3n) is 2.80. The fourth-order valence-electron chi connectivity index (χ4n) is 1.85. The van der Waals surface area contributed by atoms with Crippen molar-refractivity contribution in [3.63, 3.8) is 0 Å². The molecule has 0 unspecified atom stereocenters. The first kappa shape index (κ1) is 11.6. The summed E-state index contributed by atoms with van der Waals surface area (Å²) in [5.74, 6) is 0.715. The summed E-state index contributed by atoms with van der Waals surface area (Å²) in [4.78, 5) is 13.0. The van der Waals surface area contributed by atoms with Gasteiger partial charge in [-0.3, -0.25) is 0 Å². The highest BCUT2D eigenvalue weighted by molar-refractivity contribution is 5.76. The Bertz CT molecular complexity index is 400. The number of hydrogen-bond donors (Lipinski definition) is 2. The summed E-state index contributed by atoms with van der Waals surface area (Å²) in [6.45, 7) is 4.45. The Labute approximate surface area is 101 Å². The van der Waals surface area contributed by atoms with Gasteiger partial charge < -0.3 is 20.7 Å². The van der Waals surface area contributed by atoms with Gasteiger partial charge in [-0.25, -0.2) is 4.79 Å². The number of ether oxygens (including phenoxy) is 1. The molecule has 1 fully saturated rings. The lowest BCUT2D eigenvalue weighted by Gasteiger charge is -2.16. The highest BCUT2D eigenvalue weighted by atomic mass is 16.5. The first-order chi connectivity index (χ1) is 8.18. The van der Waals surface area contributed by atoms with Crippen LogP contribution in [0.5, 0.6) is 5.75 Å². The molecule has 0 bridgehead atoms. The van der Waals surface area contributed by atoms with E-state index in [1.54, 1.807) is 4.90 Å². The van der Waals surface area contributed by atoms with Crippen LogP contribution in [0.1, 0.15) is 5.56 Å². The lowest BCUT2D eigenvalue weighted by atomic mass is 10.2. The molecule has 1 aliphatic rings. The second-order valence-corrected chi connectivity index (χ2v) is 4.06. The predicted molar refractivity (Wildman–Crippen MR) is 66.1 cm³/mol. The van der Waals surface area contributed by atoms with Crippen molar-refractivity contribution in [2.75, 3.05) is 32.0 Å². The fourth-order valence-corrected chi connectivity index (χ4v) is 1.85. The lowest BCUT2D eigenvalue weighted by molar-refractivity contribution is 0.202. The first-order valence-electron chi connectivity index (χ1n) is 5.69. The van der Waals surface area contributed by atoms with Crippen LogP contribution in [0, 0.1) is 6.92 Å². The van der Waals surface area contributed by atoms with Gasteiger partial charge in [0, 0.05) is 13.1 Å². The summed E-state index contributed by atoms with van der Waals surface area (Å²) in [5.41, 5.74) is 7.47. The molecule has 2 rings (SSSR count). The number of aryl methyl sites for hydroxylation is 1. The highest BCUT2D eigenvalue weighted by Crippen LogP contribution is 2.25. The molecule has 1 aromatic carbocycles. The maximum Gasteiger partial charge on any atom is 0.317 e. The number of nitrogens with zero attached hydrogens (tertiary/aromatic N) is 1. The van der Waals surface area contributed by atoms with Crippen molar-refractivity contribution < 1.29 is 9.53 Å². The molecule has 2 amide bonds. The number of rotatable bonds is 4. The molecule has 0 atom stereocenters. The molecule has 5 nitrogen and oxygen atoms in total. The number of carbonyl (C=O) groups excluding carboxylic acids is 1. The van der Waals surface area contributed by atoms with Gasteiger partial charge in [-0.05, 0) is 18.6 Å². The van der Waals surface area contributed by atoms with Crippen molar-refractivity contribution >= 4 is 11.7 Å². The van der Waals surface area contributed by atoms with Crippen LogP contribution in [0.15, 0.2) is 18.2 Å². The van der Waals surface area contributed by atoms with Gasteiger partial charge in [0.2, 0.25) is 0 Å². The van der Waals surface area contributed by atoms with Crippen LogP contribution < -0.4 is 15.8 Å². The minimum Gasteiger partial charge on any atom is -0.489 e. The van der Waals surface area contributed by atoms with Crippen molar-refractivity contribution in [2.45, 2.75) is 6.92 Å². The molecule has 1 saturated heterocycles. The topological polar surface area (TPSA) is 67.6 Å². The molecule has 17 heavy (non-hydrogen) atoms. The zero-order chi connectivity index (χ0) is 12.3. The number of nitrogens with one attached hydrogen (secondary N) is 1. The Morgan fingerprint density at radius 3 is 3.00 bits per heavy atom. The number of nitrogens with two attached hydrogens (primary N) is 1. The molecule has 1 heterocycles.